The Balaban J connectivity index is 2.08. The number of hydrogen-bond acceptors (Lipinski definition) is 4. The zero-order valence-corrected chi connectivity index (χ0v) is 11.3. The van der Waals surface area contributed by atoms with Crippen molar-refractivity contribution in [2.24, 2.45) is 0 Å². The Kier molecular flexibility index (Phi) is 3.54. The standard InChI is InChI=1S/C12H18ClN3O/c1-8-10(13)15-9(2)16-11(8)14-7-12(17-3)5-4-6-12/h4-7H2,1-3H3,(H,14,15,16). The number of aryl methyl sites for hydroxylation is 1. The van der Waals surface area contributed by atoms with E-state index in [1.54, 1.807) is 7.11 Å². The predicted molar refractivity (Wildman–Crippen MR) is 68.6 cm³/mol. The number of aromatic nitrogens is 2. The van der Waals surface area contributed by atoms with Gasteiger partial charge in [-0.3, -0.25) is 0 Å². The van der Waals surface area contributed by atoms with Gasteiger partial charge in [-0.25, -0.2) is 9.97 Å². The molecule has 0 radical (unpaired) electrons. The molecule has 1 N–H and O–H groups in total. The van der Waals surface area contributed by atoms with Gasteiger partial charge in [0.15, 0.2) is 0 Å². The smallest absolute Gasteiger partial charge is 0.137 e. The quantitative estimate of drug-likeness (QED) is 0.841. The number of hydrogen-bond donors (Lipinski definition) is 1. The van der Waals surface area contributed by atoms with Crippen LogP contribution in [0.2, 0.25) is 5.15 Å². The molecule has 0 aliphatic heterocycles. The summed E-state index contributed by atoms with van der Waals surface area (Å²) in [7, 11) is 1.77. The summed E-state index contributed by atoms with van der Waals surface area (Å²) in [5.41, 5.74) is 0.875. The van der Waals surface area contributed by atoms with Gasteiger partial charge in [0.2, 0.25) is 0 Å². The Morgan fingerprint density at radius 3 is 2.59 bits per heavy atom. The second-order valence-corrected chi connectivity index (χ2v) is 4.99. The molecule has 94 valence electrons. The fourth-order valence-electron chi connectivity index (χ4n) is 2.04. The van der Waals surface area contributed by atoms with Crippen LogP contribution in [0.1, 0.15) is 30.7 Å². The van der Waals surface area contributed by atoms with Crippen LogP contribution in [0.5, 0.6) is 0 Å². The molecule has 1 fully saturated rings. The van der Waals surface area contributed by atoms with Gasteiger partial charge < -0.3 is 10.1 Å². The minimum absolute atomic E-state index is 0.0161. The lowest BCUT2D eigenvalue weighted by molar-refractivity contribution is -0.0601. The maximum Gasteiger partial charge on any atom is 0.137 e. The van der Waals surface area contributed by atoms with Gasteiger partial charge >= 0.3 is 0 Å². The molecular formula is C12H18ClN3O. The normalized spacial score (nSPS) is 17.6. The summed E-state index contributed by atoms with van der Waals surface area (Å²) in [5, 5.41) is 3.84. The van der Waals surface area contributed by atoms with Crippen LogP contribution in [0.3, 0.4) is 0 Å². The number of anilines is 1. The highest BCUT2D eigenvalue weighted by Gasteiger charge is 2.36. The van der Waals surface area contributed by atoms with Crippen LogP contribution in [0, 0.1) is 13.8 Å². The highest BCUT2D eigenvalue weighted by atomic mass is 35.5. The molecule has 0 saturated heterocycles. The first kappa shape index (κ1) is 12.6. The summed E-state index contributed by atoms with van der Waals surface area (Å²) >= 11 is 6.03. The van der Waals surface area contributed by atoms with Gasteiger partial charge in [-0.15, -0.1) is 0 Å². The van der Waals surface area contributed by atoms with E-state index in [4.69, 9.17) is 16.3 Å². The average molecular weight is 256 g/mol. The molecule has 5 heteroatoms. The van der Waals surface area contributed by atoms with Gasteiger partial charge in [-0.2, -0.15) is 0 Å². The van der Waals surface area contributed by atoms with Crippen molar-refractivity contribution in [1.82, 2.24) is 9.97 Å². The zero-order valence-electron chi connectivity index (χ0n) is 10.5. The first-order valence-electron chi connectivity index (χ1n) is 5.86. The topological polar surface area (TPSA) is 47.0 Å². The molecule has 0 spiro atoms. The minimum atomic E-state index is -0.0161. The summed E-state index contributed by atoms with van der Waals surface area (Å²) < 4.78 is 5.56. The summed E-state index contributed by atoms with van der Waals surface area (Å²) in [6, 6.07) is 0. The Labute approximate surface area is 107 Å². The average Bonchev–Trinajstić information content (AvgIpc) is 2.23. The highest BCUT2D eigenvalue weighted by molar-refractivity contribution is 6.30. The molecular weight excluding hydrogens is 238 g/mol. The van der Waals surface area contributed by atoms with Crippen molar-refractivity contribution in [3.05, 3.63) is 16.5 Å². The Hall–Kier alpha value is -0.870. The number of methoxy groups -OCH3 is 1. The van der Waals surface area contributed by atoms with Gasteiger partial charge in [0, 0.05) is 19.2 Å². The van der Waals surface area contributed by atoms with E-state index in [-0.39, 0.29) is 5.60 Å². The summed E-state index contributed by atoms with van der Waals surface area (Å²) in [5.74, 6) is 1.49. The molecule has 1 aliphatic carbocycles. The van der Waals surface area contributed by atoms with E-state index in [1.807, 2.05) is 13.8 Å². The van der Waals surface area contributed by atoms with E-state index in [9.17, 15) is 0 Å². The second kappa shape index (κ2) is 4.78. The van der Waals surface area contributed by atoms with Gasteiger partial charge in [0.05, 0.1) is 5.60 Å². The third-order valence-corrected chi connectivity index (χ3v) is 3.84. The summed E-state index contributed by atoms with van der Waals surface area (Å²) in [6.45, 7) is 4.54. The van der Waals surface area contributed by atoms with E-state index in [1.165, 1.54) is 6.42 Å². The predicted octanol–water partition coefficient (Wildman–Crippen LogP) is 2.73. The van der Waals surface area contributed by atoms with Gasteiger partial charge in [-0.1, -0.05) is 11.6 Å². The number of nitrogens with one attached hydrogen (secondary N) is 1. The Morgan fingerprint density at radius 1 is 1.35 bits per heavy atom. The van der Waals surface area contributed by atoms with Crippen LogP contribution >= 0.6 is 11.6 Å². The Morgan fingerprint density at radius 2 is 2.06 bits per heavy atom. The maximum atomic E-state index is 6.03. The zero-order chi connectivity index (χ0) is 12.5. The van der Waals surface area contributed by atoms with E-state index >= 15 is 0 Å². The molecule has 1 aliphatic rings. The van der Waals surface area contributed by atoms with E-state index in [0.29, 0.717) is 11.0 Å². The van der Waals surface area contributed by atoms with Crippen molar-refractivity contribution in [2.45, 2.75) is 38.7 Å². The lowest BCUT2D eigenvalue weighted by Crippen LogP contribution is -2.45. The van der Waals surface area contributed by atoms with Crippen LogP contribution in [0.15, 0.2) is 0 Å². The fourth-order valence-corrected chi connectivity index (χ4v) is 2.25. The molecule has 17 heavy (non-hydrogen) atoms. The monoisotopic (exact) mass is 255 g/mol. The van der Waals surface area contributed by atoms with Gasteiger partial charge in [0.25, 0.3) is 0 Å². The minimum Gasteiger partial charge on any atom is -0.376 e. The van der Waals surface area contributed by atoms with Crippen LogP contribution in [0.25, 0.3) is 0 Å². The van der Waals surface area contributed by atoms with Crippen molar-refractivity contribution < 1.29 is 4.74 Å². The first-order valence-corrected chi connectivity index (χ1v) is 6.24. The van der Waals surface area contributed by atoms with Crippen molar-refractivity contribution >= 4 is 17.4 Å². The van der Waals surface area contributed by atoms with Crippen molar-refractivity contribution in [1.29, 1.82) is 0 Å². The highest BCUT2D eigenvalue weighted by Crippen LogP contribution is 2.35. The molecule has 1 heterocycles. The van der Waals surface area contributed by atoms with Crippen LogP contribution in [-0.2, 0) is 4.74 Å². The first-order chi connectivity index (χ1) is 8.06. The molecule has 2 rings (SSSR count). The molecule has 0 aromatic carbocycles. The van der Waals surface area contributed by atoms with Gasteiger partial charge in [-0.05, 0) is 33.1 Å². The second-order valence-electron chi connectivity index (χ2n) is 4.63. The third-order valence-electron chi connectivity index (χ3n) is 3.47. The number of halogens is 1. The number of rotatable bonds is 4. The molecule has 1 aromatic rings. The maximum absolute atomic E-state index is 6.03. The van der Waals surface area contributed by atoms with E-state index in [2.05, 4.69) is 15.3 Å². The van der Waals surface area contributed by atoms with Crippen LogP contribution in [0.4, 0.5) is 5.82 Å². The SMILES string of the molecule is COC1(CNc2nc(C)nc(Cl)c2C)CCC1. The van der Waals surface area contributed by atoms with Crippen LogP contribution in [-0.4, -0.2) is 29.2 Å². The molecule has 4 nitrogen and oxygen atoms in total. The lowest BCUT2D eigenvalue weighted by Gasteiger charge is -2.40. The van der Waals surface area contributed by atoms with Gasteiger partial charge in [0.1, 0.15) is 16.8 Å². The molecule has 0 amide bonds. The van der Waals surface area contributed by atoms with Crippen molar-refractivity contribution in [3.8, 4) is 0 Å². The van der Waals surface area contributed by atoms with E-state index in [0.717, 1.165) is 30.8 Å². The van der Waals surface area contributed by atoms with Crippen LogP contribution < -0.4 is 5.32 Å². The summed E-state index contributed by atoms with van der Waals surface area (Å²) in [6.07, 6.45) is 3.44. The lowest BCUT2D eigenvalue weighted by atomic mass is 9.80. The molecule has 0 bridgehead atoms. The van der Waals surface area contributed by atoms with Crippen molar-refractivity contribution in [3.63, 3.8) is 0 Å². The summed E-state index contributed by atoms with van der Waals surface area (Å²) in [4.78, 5) is 8.48. The molecule has 1 aromatic heterocycles. The Bertz CT molecular complexity index is 413. The fraction of sp³-hybridized carbons (Fsp3) is 0.667. The molecule has 1 saturated carbocycles. The third kappa shape index (κ3) is 2.53. The number of ether oxygens (including phenoxy) is 1. The molecule has 0 unspecified atom stereocenters. The number of nitrogens with zero attached hydrogens (tertiary/aromatic N) is 2. The largest absolute Gasteiger partial charge is 0.376 e. The van der Waals surface area contributed by atoms with E-state index < -0.39 is 0 Å². The van der Waals surface area contributed by atoms with Crippen molar-refractivity contribution in [2.75, 3.05) is 19.0 Å². The molecule has 0 atom stereocenters.